The van der Waals surface area contributed by atoms with Crippen molar-refractivity contribution in [1.82, 2.24) is 5.32 Å². The molecule has 0 aliphatic rings. The van der Waals surface area contributed by atoms with Crippen molar-refractivity contribution in [3.8, 4) is 0 Å². The van der Waals surface area contributed by atoms with Crippen LogP contribution in [0.25, 0.3) is 10.4 Å². The maximum Gasteiger partial charge on any atom is 0.261 e. The molecular weight excluding hydrogens is 212 g/mol. The molecule has 6 heteroatoms. The summed E-state index contributed by atoms with van der Waals surface area (Å²) in [6.07, 6.45) is 0.667. The second kappa shape index (κ2) is 6.06. The lowest BCUT2D eigenvalue weighted by Crippen LogP contribution is -2.23. The topological polar surface area (TPSA) is 77.9 Å². The van der Waals surface area contributed by atoms with E-state index in [1.165, 1.54) is 11.3 Å². The molecule has 0 unspecified atom stereocenters. The number of hydrogen-bond donors (Lipinski definition) is 1. The van der Waals surface area contributed by atoms with E-state index < -0.39 is 0 Å². The number of nitrogens with one attached hydrogen (secondary N) is 1. The van der Waals surface area contributed by atoms with Crippen molar-refractivity contribution in [2.24, 2.45) is 5.11 Å². The van der Waals surface area contributed by atoms with Crippen molar-refractivity contribution in [3.63, 3.8) is 0 Å². The third-order valence-electron chi connectivity index (χ3n) is 1.75. The first kappa shape index (κ1) is 11.6. The molecule has 0 aliphatic heterocycles. The van der Waals surface area contributed by atoms with Gasteiger partial charge in [0.1, 0.15) is 0 Å². The monoisotopic (exact) mass is 224 g/mol. The molecule has 0 aromatic carbocycles. The van der Waals surface area contributed by atoms with Crippen molar-refractivity contribution in [2.45, 2.75) is 13.3 Å². The lowest BCUT2D eigenvalue weighted by atomic mass is 10.4. The maximum atomic E-state index is 11.5. The van der Waals surface area contributed by atoms with E-state index in [1.54, 1.807) is 0 Å². The van der Waals surface area contributed by atoms with E-state index in [2.05, 4.69) is 15.3 Å². The fraction of sp³-hybridized carbons (Fsp3) is 0.444. The van der Waals surface area contributed by atoms with Gasteiger partial charge >= 0.3 is 0 Å². The molecule has 15 heavy (non-hydrogen) atoms. The zero-order valence-corrected chi connectivity index (χ0v) is 9.25. The molecule has 1 heterocycles. The summed E-state index contributed by atoms with van der Waals surface area (Å²) in [5.74, 6) is -0.0611. The minimum atomic E-state index is -0.0611. The molecule has 0 saturated heterocycles. The van der Waals surface area contributed by atoms with Gasteiger partial charge in [0.25, 0.3) is 5.91 Å². The van der Waals surface area contributed by atoms with Gasteiger partial charge < -0.3 is 5.32 Å². The zero-order chi connectivity index (χ0) is 11.1. The van der Waals surface area contributed by atoms with Crippen LogP contribution >= 0.6 is 11.3 Å². The summed E-state index contributed by atoms with van der Waals surface area (Å²) in [7, 11) is 0. The highest BCUT2D eigenvalue weighted by molar-refractivity contribution is 7.13. The molecular formula is C9H12N4OS. The molecule has 1 amide bonds. The van der Waals surface area contributed by atoms with Gasteiger partial charge in [0, 0.05) is 22.9 Å². The van der Waals surface area contributed by atoms with E-state index in [9.17, 15) is 4.79 Å². The predicted octanol–water partition coefficient (Wildman–Crippen LogP) is 2.49. The van der Waals surface area contributed by atoms with Crippen molar-refractivity contribution >= 4 is 17.2 Å². The summed E-state index contributed by atoms with van der Waals surface area (Å²) in [5, 5.41) is 6.14. The van der Waals surface area contributed by atoms with Crippen LogP contribution in [0, 0.1) is 6.92 Å². The van der Waals surface area contributed by atoms with Crippen molar-refractivity contribution in [3.05, 3.63) is 32.3 Å². The highest BCUT2D eigenvalue weighted by Gasteiger charge is 2.05. The normalized spacial score (nSPS) is 9.40. The summed E-state index contributed by atoms with van der Waals surface area (Å²) < 4.78 is 0. The summed E-state index contributed by atoms with van der Waals surface area (Å²) in [6.45, 7) is 2.91. The number of aryl methyl sites for hydroxylation is 1. The first-order valence-electron chi connectivity index (χ1n) is 4.59. The van der Waals surface area contributed by atoms with Gasteiger partial charge in [-0.3, -0.25) is 4.79 Å². The number of rotatable bonds is 5. The van der Waals surface area contributed by atoms with Crippen molar-refractivity contribution in [2.75, 3.05) is 13.1 Å². The summed E-state index contributed by atoms with van der Waals surface area (Å²) in [6, 6.07) is 3.72. The number of hydrogen-bond acceptors (Lipinski definition) is 3. The lowest BCUT2D eigenvalue weighted by Gasteiger charge is -2.00. The molecule has 1 rings (SSSR count). The second-order valence-electron chi connectivity index (χ2n) is 2.97. The first-order valence-corrected chi connectivity index (χ1v) is 5.41. The largest absolute Gasteiger partial charge is 0.351 e. The Balaban J connectivity index is 2.27. The molecule has 0 radical (unpaired) electrons. The Kier molecular flexibility index (Phi) is 4.66. The molecule has 1 aromatic rings. The average molecular weight is 224 g/mol. The maximum absolute atomic E-state index is 11.5. The molecule has 5 nitrogen and oxygen atoms in total. The molecule has 1 N–H and O–H groups in total. The van der Waals surface area contributed by atoms with Gasteiger partial charge in [-0.1, -0.05) is 5.11 Å². The van der Waals surface area contributed by atoms with E-state index in [1.807, 2.05) is 19.1 Å². The van der Waals surface area contributed by atoms with E-state index in [4.69, 9.17) is 5.53 Å². The Bertz CT molecular complexity index is 381. The SMILES string of the molecule is Cc1ccc(C(=O)NCCCN=[N+]=[N-])s1. The van der Waals surface area contributed by atoms with E-state index in [0.29, 0.717) is 19.5 Å². The average Bonchev–Trinajstić information content (AvgIpc) is 2.64. The van der Waals surface area contributed by atoms with Crippen LogP contribution in [0.5, 0.6) is 0 Å². The minimum Gasteiger partial charge on any atom is -0.351 e. The Morgan fingerprint density at radius 2 is 2.47 bits per heavy atom. The van der Waals surface area contributed by atoms with Crippen molar-refractivity contribution in [1.29, 1.82) is 0 Å². The van der Waals surface area contributed by atoms with Gasteiger partial charge in [-0.15, -0.1) is 11.3 Å². The molecule has 1 aromatic heterocycles. The van der Waals surface area contributed by atoms with Gasteiger partial charge in [-0.25, -0.2) is 0 Å². The fourth-order valence-electron chi connectivity index (χ4n) is 1.04. The highest BCUT2D eigenvalue weighted by Crippen LogP contribution is 2.14. The Morgan fingerprint density at radius 3 is 3.07 bits per heavy atom. The molecule has 80 valence electrons. The van der Waals surface area contributed by atoms with Crippen LogP contribution in [0.2, 0.25) is 0 Å². The van der Waals surface area contributed by atoms with Crippen LogP contribution in [-0.2, 0) is 0 Å². The fourth-order valence-corrected chi connectivity index (χ4v) is 1.82. The van der Waals surface area contributed by atoms with Crippen LogP contribution in [-0.4, -0.2) is 19.0 Å². The van der Waals surface area contributed by atoms with Crippen LogP contribution < -0.4 is 5.32 Å². The van der Waals surface area contributed by atoms with E-state index >= 15 is 0 Å². The Morgan fingerprint density at radius 1 is 1.67 bits per heavy atom. The zero-order valence-electron chi connectivity index (χ0n) is 8.43. The van der Waals surface area contributed by atoms with Gasteiger partial charge in [-0.05, 0) is 31.0 Å². The molecule has 0 spiro atoms. The molecule has 0 atom stereocenters. The van der Waals surface area contributed by atoms with E-state index in [-0.39, 0.29) is 5.91 Å². The number of carbonyl (C=O) groups excluding carboxylic acids is 1. The highest BCUT2D eigenvalue weighted by atomic mass is 32.1. The summed E-state index contributed by atoms with van der Waals surface area (Å²) in [4.78, 5) is 16.0. The number of azide groups is 1. The Hall–Kier alpha value is -1.52. The molecule has 0 aliphatic carbocycles. The van der Waals surface area contributed by atoms with Crippen molar-refractivity contribution < 1.29 is 4.79 Å². The van der Waals surface area contributed by atoms with Gasteiger partial charge in [0.15, 0.2) is 0 Å². The third kappa shape index (κ3) is 4.01. The van der Waals surface area contributed by atoms with E-state index in [0.717, 1.165) is 9.75 Å². The van der Waals surface area contributed by atoms with Crippen LogP contribution in [0.1, 0.15) is 21.0 Å². The van der Waals surface area contributed by atoms with Gasteiger partial charge in [0.05, 0.1) is 4.88 Å². The molecule has 0 saturated carbocycles. The Labute approximate surface area is 91.7 Å². The first-order chi connectivity index (χ1) is 7.24. The number of carbonyl (C=O) groups is 1. The smallest absolute Gasteiger partial charge is 0.261 e. The minimum absolute atomic E-state index is 0.0611. The van der Waals surface area contributed by atoms with Gasteiger partial charge in [0.2, 0.25) is 0 Å². The second-order valence-corrected chi connectivity index (χ2v) is 4.26. The molecule has 0 fully saturated rings. The predicted molar refractivity (Wildman–Crippen MR) is 60.0 cm³/mol. The number of amides is 1. The standard InChI is InChI=1S/C9H12N4OS/c1-7-3-4-8(15-7)9(14)11-5-2-6-12-13-10/h3-4H,2,5-6H2,1H3,(H,11,14). The number of nitrogens with zero attached hydrogens (tertiary/aromatic N) is 3. The number of thiophene rings is 1. The molecule has 0 bridgehead atoms. The summed E-state index contributed by atoms with van der Waals surface area (Å²) in [5.41, 5.74) is 8.03. The van der Waals surface area contributed by atoms with Crippen LogP contribution in [0.4, 0.5) is 0 Å². The van der Waals surface area contributed by atoms with Gasteiger partial charge in [-0.2, -0.15) is 0 Å². The third-order valence-corrected chi connectivity index (χ3v) is 2.75. The quantitative estimate of drug-likeness (QED) is 0.354. The summed E-state index contributed by atoms with van der Waals surface area (Å²) >= 11 is 1.47. The lowest BCUT2D eigenvalue weighted by molar-refractivity contribution is 0.0957. The van der Waals surface area contributed by atoms with Crippen LogP contribution in [0.15, 0.2) is 17.2 Å². The van der Waals surface area contributed by atoms with Crippen LogP contribution in [0.3, 0.4) is 0 Å².